The lowest BCUT2D eigenvalue weighted by Crippen LogP contribution is -2.36. The summed E-state index contributed by atoms with van der Waals surface area (Å²) in [7, 11) is 0. The SMILES string of the molecule is CCOC(=O)CCN(CCCN(CC)CC)C(=O)c1cccc(F)c1. The van der Waals surface area contributed by atoms with Crippen molar-refractivity contribution in [3.05, 3.63) is 35.6 Å². The first-order valence-corrected chi connectivity index (χ1v) is 8.94. The Labute approximate surface area is 149 Å². The van der Waals surface area contributed by atoms with Gasteiger partial charge in [-0.2, -0.15) is 0 Å². The van der Waals surface area contributed by atoms with Gasteiger partial charge in [0.05, 0.1) is 13.0 Å². The maximum atomic E-state index is 13.4. The number of halogens is 1. The molecule has 0 saturated carbocycles. The molecular weight excluding hydrogens is 323 g/mol. The van der Waals surface area contributed by atoms with Crippen LogP contribution in [0.4, 0.5) is 4.39 Å². The molecular formula is C19H29FN2O3. The van der Waals surface area contributed by atoms with Crippen molar-refractivity contribution in [2.24, 2.45) is 0 Å². The van der Waals surface area contributed by atoms with Crippen molar-refractivity contribution in [3.63, 3.8) is 0 Å². The number of hydrogen-bond donors (Lipinski definition) is 0. The van der Waals surface area contributed by atoms with E-state index in [-0.39, 0.29) is 24.8 Å². The number of carbonyl (C=O) groups is 2. The van der Waals surface area contributed by atoms with Gasteiger partial charge in [0, 0.05) is 18.7 Å². The molecule has 0 spiro atoms. The van der Waals surface area contributed by atoms with Crippen LogP contribution in [0.1, 0.15) is 44.0 Å². The van der Waals surface area contributed by atoms with Crippen LogP contribution in [0.15, 0.2) is 24.3 Å². The van der Waals surface area contributed by atoms with Gasteiger partial charge in [-0.15, -0.1) is 0 Å². The maximum absolute atomic E-state index is 13.4. The molecule has 0 saturated heterocycles. The van der Waals surface area contributed by atoms with Gasteiger partial charge in [0.1, 0.15) is 5.82 Å². The smallest absolute Gasteiger partial charge is 0.307 e. The zero-order valence-corrected chi connectivity index (χ0v) is 15.5. The predicted octanol–water partition coefficient (Wildman–Crippen LogP) is 2.95. The highest BCUT2D eigenvalue weighted by Gasteiger charge is 2.18. The van der Waals surface area contributed by atoms with Crippen LogP contribution in [-0.4, -0.2) is 61.0 Å². The summed E-state index contributed by atoms with van der Waals surface area (Å²) in [4.78, 5) is 28.2. The minimum absolute atomic E-state index is 0.139. The molecule has 0 aliphatic rings. The minimum Gasteiger partial charge on any atom is -0.466 e. The summed E-state index contributed by atoms with van der Waals surface area (Å²) in [5, 5.41) is 0. The van der Waals surface area contributed by atoms with E-state index in [2.05, 4.69) is 18.7 Å². The molecule has 6 heteroatoms. The Hall–Kier alpha value is -1.95. The van der Waals surface area contributed by atoms with E-state index in [0.717, 1.165) is 26.1 Å². The van der Waals surface area contributed by atoms with Gasteiger partial charge < -0.3 is 14.5 Å². The monoisotopic (exact) mass is 352 g/mol. The fourth-order valence-corrected chi connectivity index (χ4v) is 2.60. The highest BCUT2D eigenvalue weighted by Crippen LogP contribution is 2.09. The molecule has 25 heavy (non-hydrogen) atoms. The van der Waals surface area contributed by atoms with E-state index in [1.807, 2.05) is 0 Å². The number of esters is 1. The Kier molecular flexibility index (Phi) is 9.77. The van der Waals surface area contributed by atoms with Gasteiger partial charge in [-0.3, -0.25) is 9.59 Å². The van der Waals surface area contributed by atoms with Gasteiger partial charge in [-0.1, -0.05) is 19.9 Å². The number of ether oxygens (including phenoxy) is 1. The van der Waals surface area contributed by atoms with Crippen LogP contribution in [0, 0.1) is 5.82 Å². The lowest BCUT2D eigenvalue weighted by molar-refractivity contribution is -0.143. The largest absolute Gasteiger partial charge is 0.466 e. The average molecular weight is 352 g/mol. The Balaban J connectivity index is 2.72. The van der Waals surface area contributed by atoms with Crippen molar-refractivity contribution in [1.82, 2.24) is 9.80 Å². The maximum Gasteiger partial charge on any atom is 0.307 e. The molecule has 0 aliphatic carbocycles. The van der Waals surface area contributed by atoms with Gasteiger partial charge in [0.2, 0.25) is 0 Å². The van der Waals surface area contributed by atoms with E-state index in [9.17, 15) is 14.0 Å². The molecule has 0 N–H and O–H groups in total. The number of nitrogens with zero attached hydrogens (tertiary/aromatic N) is 2. The fourth-order valence-electron chi connectivity index (χ4n) is 2.60. The highest BCUT2D eigenvalue weighted by atomic mass is 19.1. The van der Waals surface area contributed by atoms with E-state index in [0.29, 0.717) is 18.7 Å². The van der Waals surface area contributed by atoms with Crippen LogP contribution in [0.2, 0.25) is 0 Å². The summed E-state index contributed by atoms with van der Waals surface area (Å²) < 4.78 is 18.3. The third-order valence-corrected chi connectivity index (χ3v) is 4.05. The first-order valence-electron chi connectivity index (χ1n) is 8.94. The number of rotatable bonds is 11. The Morgan fingerprint density at radius 2 is 1.80 bits per heavy atom. The molecule has 0 aromatic heterocycles. The van der Waals surface area contributed by atoms with E-state index < -0.39 is 5.82 Å². The van der Waals surface area contributed by atoms with Crippen LogP contribution >= 0.6 is 0 Å². The Morgan fingerprint density at radius 1 is 1.08 bits per heavy atom. The number of hydrogen-bond acceptors (Lipinski definition) is 4. The van der Waals surface area contributed by atoms with Gasteiger partial charge in [0.25, 0.3) is 5.91 Å². The molecule has 1 aromatic carbocycles. The molecule has 0 unspecified atom stereocenters. The molecule has 0 fully saturated rings. The van der Waals surface area contributed by atoms with Crippen molar-refractivity contribution in [2.45, 2.75) is 33.6 Å². The summed E-state index contributed by atoms with van der Waals surface area (Å²) in [6, 6.07) is 5.64. The van der Waals surface area contributed by atoms with Crippen molar-refractivity contribution in [3.8, 4) is 0 Å². The Morgan fingerprint density at radius 3 is 2.40 bits per heavy atom. The molecule has 0 aliphatic heterocycles. The standard InChI is InChI=1S/C19H29FN2O3/c1-4-21(5-2)12-8-13-22(14-11-18(23)25-6-3)19(24)16-9-7-10-17(20)15-16/h7,9-10,15H,4-6,8,11-14H2,1-3H3. The van der Waals surface area contributed by atoms with Crippen LogP contribution in [0.3, 0.4) is 0 Å². The van der Waals surface area contributed by atoms with Crippen molar-refractivity contribution >= 4 is 11.9 Å². The van der Waals surface area contributed by atoms with Crippen LogP contribution < -0.4 is 0 Å². The average Bonchev–Trinajstić information content (AvgIpc) is 2.61. The second-order valence-electron chi connectivity index (χ2n) is 5.74. The third kappa shape index (κ3) is 7.65. The first-order chi connectivity index (χ1) is 12.0. The van der Waals surface area contributed by atoms with Gasteiger partial charge in [0.15, 0.2) is 0 Å². The second-order valence-corrected chi connectivity index (χ2v) is 5.74. The van der Waals surface area contributed by atoms with Crippen LogP contribution in [-0.2, 0) is 9.53 Å². The van der Waals surface area contributed by atoms with Crippen molar-refractivity contribution < 1.29 is 18.7 Å². The molecule has 1 amide bonds. The van der Waals surface area contributed by atoms with Crippen molar-refractivity contribution in [2.75, 3.05) is 39.3 Å². The quantitative estimate of drug-likeness (QED) is 0.575. The molecule has 0 radical (unpaired) electrons. The van der Waals surface area contributed by atoms with Gasteiger partial charge >= 0.3 is 5.97 Å². The van der Waals surface area contributed by atoms with E-state index in [1.54, 1.807) is 17.9 Å². The predicted molar refractivity (Wildman–Crippen MR) is 96.0 cm³/mol. The van der Waals surface area contributed by atoms with Gasteiger partial charge in [-0.05, 0) is 51.2 Å². The number of benzene rings is 1. The van der Waals surface area contributed by atoms with E-state index in [4.69, 9.17) is 4.74 Å². The molecule has 0 bridgehead atoms. The van der Waals surface area contributed by atoms with E-state index >= 15 is 0 Å². The fraction of sp³-hybridized carbons (Fsp3) is 0.579. The Bertz CT molecular complexity index is 547. The minimum atomic E-state index is -0.445. The summed E-state index contributed by atoms with van der Waals surface area (Å²) >= 11 is 0. The molecule has 0 atom stereocenters. The lowest BCUT2D eigenvalue weighted by Gasteiger charge is -2.24. The molecule has 1 rings (SSSR count). The number of carbonyl (C=O) groups excluding carboxylic acids is 2. The molecule has 0 heterocycles. The van der Waals surface area contributed by atoms with Crippen LogP contribution in [0.25, 0.3) is 0 Å². The second kappa shape index (κ2) is 11.6. The highest BCUT2D eigenvalue weighted by molar-refractivity contribution is 5.94. The third-order valence-electron chi connectivity index (χ3n) is 4.05. The molecule has 5 nitrogen and oxygen atoms in total. The van der Waals surface area contributed by atoms with E-state index in [1.165, 1.54) is 18.2 Å². The number of amides is 1. The molecule has 140 valence electrons. The molecule has 1 aromatic rings. The summed E-state index contributed by atoms with van der Waals surface area (Å²) in [6.07, 6.45) is 0.936. The summed E-state index contributed by atoms with van der Waals surface area (Å²) in [5.74, 6) is -1.04. The zero-order valence-electron chi connectivity index (χ0n) is 15.5. The zero-order chi connectivity index (χ0) is 18.7. The topological polar surface area (TPSA) is 49.9 Å². The summed E-state index contributed by atoms with van der Waals surface area (Å²) in [6.45, 7) is 9.83. The van der Waals surface area contributed by atoms with Crippen molar-refractivity contribution in [1.29, 1.82) is 0 Å². The van der Waals surface area contributed by atoms with Crippen LogP contribution in [0.5, 0.6) is 0 Å². The van der Waals surface area contributed by atoms with Gasteiger partial charge in [-0.25, -0.2) is 4.39 Å². The lowest BCUT2D eigenvalue weighted by atomic mass is 10.1. The summed E-state index contributed by atoms with van der Waals surface area (Å²) in [5.41, 5.74) is 0.298. The normalized spacial score (nSPS) is 10.8. The first kappa shape index (κ1) is 21.1.